The zero-order valence-corrected chi connectivity index (χ0v) is 24.9. The number of para-hydroxylation sites is 1. The number of ether oxygens (including phenoxy) is 1. The van der Waals surface area contributed by atoms with E-state index in [-0.39, 0.29) is 22.9 Å². The van der Waals surface area contributed by atoms with Gasteiger partial charge in [-0.1, -0.05) is 43.3 Å². The third-order valence-electron chi connectivity index (χ3n) is 7.37. The lowest BCUT2D eigenvalue weighted by Gasteiger charge is -2.25. The fourth-order valence-corrected chi connectivity index (χ4v) is 5.18. The highest BCUT2D eigenvalue weighted by atomic mass is 16.5. The Morgan fingerprint density at radius 2 is 1.80 bits per heavy atom. The number of hydrogen-bond acceptors (Lipinski definition) is 10. The fraction of sp³-hybridized carbons (Fsp3) is 0.212. The molecule has 0 amide bonds. The molecule has 44 heavy (non-hydrogen) atoms. The van der Waals surface area contributed by atoms with Crippen molar-refractivity contribution in [1.29, 1.82) is 5.26 Å². The van der Waals surface area contributed by atoms with Gasteiger partial charge >= 0.3 is 5.97 Å². The number of nitrogens with two attached hydrogens (primary N) is 1. The molecule has 222 valence electrons. The number of aromatic nitrogens is 4. The third-order valence-corrected chi connectivity index (χ3v) is 7.37. The van der Waals surface area contributed by atoms with Crippen molar-refractivity contribution in [2.75, 3.05) is 30.1 Å². The molecule has 5 rings (SSSR count). The lowest BCUT2D eigenvalue weighted by Crippen LogP contribution is -2.30. The van der Waals surface area contributed by atoms with Crippen LogP contribution in [0.4, 0.5) is 17.5 Å². The van der Waals surface area contributed by atoms with Crippen LogP contribution in [-0.4, -0.2) is 39.6 Å². The molecule has 0 unspecified atom stereocenters. The average molecular weight is 589 g/mol. The number of nitrogens with one attached hydrogen (secondary N) is 1. The van der Waals surface area contributed by atoms with Crippen molar-refractivity contribution < 1.29 is 9.53 Å². The molecule has 11 nitrogen and oxygen atoms in total. The monoisotopic (exact) mass is 588 g/mol. The zero-order valence-electron chi connectivity index (χ0n) is 24.9. The fourth-order valence-electron chi connectivity index (χ4n) is 5.18. The van der Waals surface area contributed by atoms with Gasteiger partial charge in [0, 0.05) is 13.6 Å². The van der Waals surface area contributed by atoms with Crippen LogP contribution >= 0.6 is 0 Å². The second kappa shape index (κ2) is 12.6. The molecule has 0 saturated carbocycles. The maximum atomic E-state index is 14.5. The van der Waals surface area contributed by atoms with Gasteiger partial charge in [0.1, 0.15) is 23.3 Å². The van der Waals surface area contributed by atoms with E-state index in [2.05, 4.69) is 21.4 Å². The molecule has 11 heteroatoms. The summed E-state index contributed by atoms with van der Waals surface area (Å²) in [5.74, 6) is 0.390. The minimum absolute atomic E-state index is 0.0402. The minimum Gasteiger partial charge on any atom is -0.465 e. The number of carbonyl (C=O) groups excluding carboxylic acids is 1. The number of benzene rings is 3. The second-order valence-electron chi connectivity index (χ2n) is 10.3. The van der Waals surface area contributed by atoms with Crippen molar-refractivity contribution in [3.05, 3.63) is 111 Å². The van der Waals surface area contributed by atoms with Crippen molar-refractivity contribution in [3.63, 3.8) is 0 Å². The van der Waals surface area contributed by atoms with Crippen molar-refractivity contribution in [1.82, 2.24) is 19.5 Å². The molecule has 0 aliphatic rings. The number of fused-ring (bicyclic) bond motifs is 1. The van der Waals surface area contributed by atoms with Crippen LogP contribution in [0, 0.1) is 18.3 Å². The highest BCUT2D eigenvalue weighted by Gasteiger charge is 2.24. The Bertz CT molecular complexity index is 1930. The van der Waals surface area contributed by atoms with E-state index in [0.717, 1.165) is 5.56 Å². The van der Waals surface area contributed by atoms with Crippen molar-refractivity contribution >= 4 is 34.3 Å². The summed E-state index contributed by atoms with van der Waals surface area (Å²) in [6.07, 6.45) is 0.528. The molecule has 0 fully saturated rings. The maximum Gasteiger partial charge on any atom is 0.337 e. The number of nitriles is 1. The molecule has 0 radical (unpaired) electrons. The van der Waals surface area contributed by atoms with Crippen LogP contribution < -0.4 is 21.5 Å². The number of nitrogen functional groups attached to an aromatic ring is 1. The van der Waals surface area contributed by atoms with Crippen LogP contribution in [0.15, 0.2) is 77.6 Å². The van der Waals surface area contributed by atoms with Gasteiger partial charge in [0.25, 0.3) is 5.56 Å². The first kappa shape index (κ1) is 29.7. The van der Waals surface area contributed by atoms with Gasteiger partial charge in [-0.3, -0.25) is 9.36 Å². The molecule has 0 aliphatic heterocycles. The van der Waals surface area contributed by atoms with Crippen LogP contribution in [0.1, 0.15) is 52.4 Å². The summed E-state index contributed by atoms with van der Waals surface area (Å²) in [6, 6.07) is 23.7. The third kappa shape index (κ3) is 5.78. The zero-order chi connectivity index (χ0) is 31.4. The van der Waals surface area contributed by atoms with E-state index in [1.54, 1.807) is 23.6 Å². The summed E-state index contributed by atoms with van der Waals surface area (Å²) in [7, 11) is 3.26. The first-order valence-electron chi connectivity index (χ1n) is 14.1. The van der Waals surface area contributed by atoms with Gasteiger partial charge in [-0.25, -0.2) is 14.8 Å². The number of esters is 1. The standard InChI is InChI=1S/C33H32N8O3/c1-5-25(37-29-24(18-34)20(2)36-33(35)39-29)30-38-26-12-9-13-27(28(26)31(42)41(30)23-10-7-6-8-11-23)40(3)19-21-14-16-22(17-15-21)32(43)44-4/h6-17,25H,5,19H2,1-4H3,(H3,35,36,37,39)/t25-/m0/s1. The molecule has 2 heterocycles. The summed E-state index contributed by atoms with van der Waals surface area (Å²) in [5, 5.41) is 13.6. The van der Waals surface area contributed by atoms with Crippen molar-refractivity contribution in [3.8, 4) is 11.8 Å². The van der Waals surface area contributed by atoms with Crippen LogP contribution in [0.25, 0.3) is 16.6 Å². The Morgan fingerprint density at radius 1 is 1.07 bits per heavy atom. The summed E-state index contributed by atoms with van der Waals surface area (Å²) in [6.45, 7) is 4.14. The lowest BCUT2D eigenvalue weighted by molar-refractivity contribution is 0.0600. The molecule has 2 aromatic heterocycles. The number of rotatable bonds is 9. The first-order valence-corrected chi connectivity index (χ1v) is 14.1. The van der Waals surface area contributed by atoms with Crippen LogP contribution in [-0.2, 0) is 11.3 Å². The average Bonchev–Trinajstić information content (AvgIpc) is 3.03. The van der Waals surface area contributed by atoms with E-state index in [1.165, 1.54) is 7.11 Å². The molecule has 0 bridgehead atoms. The van der Waals surface area contributed by atoms with E-state index in [1.807, 2.05) is 79.5 Å². The van der Waals surface area contributed by atoms with Gasteiger partial charge in [0.2, 0.25) is 5.95 Å². The van der Waals surface area contributed by atoms with Crippen molar-refractivity contribution in [2.24, 2.45) is 0 Å². The number of nitrogens with zero attached hydrogens (tertiary/aromatic N) is 6. The number of hydrogen-bond donors (Lipinski definition) is 2. The number of methoxy groups -OCH3 is 1. The van der Waals surface area contributed by atoms with E-state index in [9.17, 15) is 14.9 Å². The molecule has 1 atom stereocenters. The summed E-state index contributed by atoms with van der Waals surface area (Å²) < 4.78 is 6.41. The summed E-state index contributed by atoms with van der Waals surface area (Å²) in [4.78, 5) is 41.8. The van der Waals surface area contributed by atoms with Crippen LogP contribution in [0.3, 0.4) is 0 Å². The highest BCUT2D eigenvalue weighted by molar-refractivity contribution is 5.91. The molecule has 0 spiro atoms. The van der Waals surface area contributed by atoms with Crippen LogP contribution in [0.5, 0.6) is 0 Å². The maximum absolute atomic E-state index is 14.5. The molecule has 3 aromatic carbocycles. The van der Waals surface area contributed by atoms with Gasteiger partial charge in [-0.2, -0.15) is 10.2 Å². The summed E-state index contributed by atoms with van der Waals surface area (Å²) in [5.41, 5.74) is 9.71. The summed E-state index contributed by atoms with van der Waals surface area (Å²) >= 11 is 0. The SMILES string of the molecule is CC[C@H](Nc1nc(N)nc(C)c1C#N)c1nc2cccc(N(C)Cc3ccc(C(=O)OC)cc3)c2c(=O)n1-c1ccccc1. The first-order chi connectivity index (χ1) is 21.2. The van der Waals surface area contributed by atoms with Crippen LogP contribution in [0.2, 0.25) is 0 Å². The molecule has 0 saturated heterocycles. The van der Waals surface area contributed by atoms with Gasteiger partial charge in [0.15, 0.2) is 0 Å². The Balaban J connectivity index is 1.63. The minimum atomic E-state index is -0.497. The Hall–Kier alpha value is -5.76. The van der Waals surface area contributed by atoms with Gasteiger partial charge in [-0.05, 0) is 55.3 Å². The largest absolute Gasteiger partial charge is 0.465 e. The second-order valence-corrected chi connectivity index (χ2v) is 10.3. The molecule has 0 aliphatic carbocycles. The molecule has 3 N–H and O–H groups in total. The van der Waals surface area contributed by atoms with Crippen molar-refractivity contribution in [2.45, 2.75) is 32.9 Å². The number of carbonyl (C=O) groups is 1. The topological polar surface area (TPSA) is 152 Å². The predicted molar refractivity (Wildman–Crippen MR) is 170 cm³/mol. The van der Waals surface area contributed by atoms with Gasteiger partial charge < -0.3 is 20.7 Å². The Morgan fingerprint density at radius 3 is 2.45 bits per heavy atom. The number of anilines is 3. The van der Waals surface area contributed by atoms with E-state index in [4.69, 9.17) is 15.5 Å². The quantitative estimate of drug-likeness (QED) is 0.227. The molecular formula is C33H32N8O3. The van der Waals surface area contributed by atoms with E-state index in [0.29, 0.717) is 52.3 Å². The Labute approximate surface area is 254 Å². The van der Waals surface area contributed by atoms with E-state index < -0.39 is 12.0 Å². The number of aryl methyl sites for hydroxylation is 1. The smallest absolute Gasteiger partial charge is 0.337 e. The molecule has 5 aromatic rings. The van der Waals surface area contributed by atoms with Gasteiger partial charge in [-0.15, -0.1) is 0 Å². The van der Waals surface area contributed by atoms with Gasteiger partial charge in [0.05, 0.1) is 46.7 Å². The van der Waals surface area contributed by atoms with E-state index >= 15 is 0 Å². The predicted octanol–water partition coefficient (Wildman–Crippen LogP) is 4.92. The molecular weight excluding hydrogens is 556 g/mol. The lowest BCUT2D eigenvalue weighted by atomic mass is 10.1. The normalized spacial score (nSPS) is 11.5. The highest BCUT2D eigenvalue weighted by Crippen LogP contribution is 2.29. The Kier molecular flexibility index (Phi) is 8.53.